The Balaban J connectivity index is 2.76. The molecule has 0 aliphatic heterocycles. The summed E-state index contributed by atoms with van der Waals surface area (Å²) in [6, 6.07) is 3.61. The van der Waals surface area contributed by atoms with Gasteiger partial charge in [-0.1, -0.05) is 12.2 Å². The molecule has 0 atom stereocenters. The van der Waals surface area contributed by atoms with Gasteiger partial charge < -0.3 is 9.30 Å². The van der Waals surface area contributed by atoms with Crippen molar-refractivity contribution >= 4 is 5.97 Å². The van der Waals surface area contributed by atoms with Crippen LogP contribution in [0.15, 0.2) is 30.5 Å². The van der Waals surface area contributed by atoms with Crippen molar-refractivity contribution in [1.82, 2.24) is 4.57 Å². The summed E-state index contributed by atoms with van der Waals surface area (Å²) in [6.45, 7) is 4.87. The van der Waals surface area contributed by atoms with E-state index < -0.39 is 0 Å². The first-order chi connectivity index (χ1) is 6.79. The summed E-state index contributed by atoms with van der Waals surface area (Å²) in [5.41, 5.74) is 0.602. The topological polar surface area (TPSA) is 31.2 Å². The van der Waals surface area contributed by atoms with Crippen LogP contribution in [0.3, 0.4) is 0 Å². The molecule has 0 radical (unpaired) electrons. The highest BCUT2D eigenvalue weighted by atomic mass is 16.5. The third kappa shape index (κ3) is 2.49. The second-order valence-electron chi connectivity index (χ2n) is 2.84. The Morgan fingerprint density at radius 3 is 3.07 bits per heavy atom. The maximum Gasteiger partial charge on any atom is 0.354 e. The van der Waals surface area contributed by atoms with E-state index in [1.165, 1.54) is 0 Å². The van der Waals surface area contributed by atoms with Crippen LogP contribution >= 0.6 is 0 Å². The number of aromatic nitrogens is 1. The van der Waals surface area contributed by atoms with Crippen LogP contribution in [0.5, 0.6) is 0 Å². The quantitative estimate of drug-likeness (QED) is 0.542. The Morgan fingerprint density at radius 2 is 2.43 bits per heavy atom. The second-order valence-corrected chi connectivity index (χ2v) is 2.84. The highest BCUT2D eigenvalue weighted by molar-refractivity contribution is 5.87. The van der Waals surface area contributed by atoms with Gasteiger partial charge in [-0.05, 0) is 26.0 Å². The Morgan fingerprint density at radius 1 is 1.64 bits per heavy atom. The van der Waals surface area contributed by atoms with Crippen LogP contribution in [0.2, 0.25) is 0 Å². The minimum atomic E-state index is -0.262. The van der Waals surface area contributed by atoms with Crippen molar-refractivity contribution in [1.29, 1.82) is 0 Å². The molecule has 0 unspecified atom stereocenters. The molecule has 0 fully saturated rings. The molecular formula is C11H15NO2. The lowest BCUT2D eigenvalue weighted by Crippen LogP contribution is -2.11. The number of ether oxygens (including phenoxy) is 1. The molecule has 1 heterocycles. The second kappa shape index (κ2) is 5.27. The maximum absolute atomic E-state index is 11.4. The van der Waals surface area contributed by atoms with Crippen LogP contribution in [0.1, 0.15) is 24.3 Å². The monoisotopic (exact) mass is 193 g/mol. The third-order valence-corrected chi connectivity index (χ3v) is 1.85. The van der Waals surface area contributed by atoms with E-state index in [1.807, 2.05) is 35.9 Å². The molecule has 3 nitrogen and oxygen atoms in total. The highest BCUT2D eigenvalue weighted by Crippen LogP contribution is 2.04. The first kappa shape index (κ1) is 10.6. The third-order valence-electron chi connectivity index (χ3n) is 1.85. The number of carbonyl (C=O) groups excluding carboxylic acids is 1. The molecule has 0 aliphatic carbocycles. The fourth-order valence-electron chi connectivity index (χ4n) is 1.18. The van der Waals surface area contributed by atoms with Crippen molar-refractivity contribution in [2.24, 2.45) is 0 Å². The molecule has 0 amide bonds. The molecule has 14 heavy (non-hydrogen) atoms. The van der Waals surface area contributed by atoms with E-state index >= 15 is 0 Å². The van der Waals surface area contributed by atoms with Crippen molar-refractivity contribution in [3.05, 3.63) is 36.2 Å². The molecule has 0 N–H and O–H groups in total. The van der Waals surface area contributed by atoms with Gasteiger partial charge in [-0.15, -0.1) is 0 Å². The number of allylic oxidation sites excluding steroid dienone is 2. The van der Waals surface area contributed by atoms with E-state index in [2.05, 4.69) is 0 Å². The summed E-state index contributed by atoms with van der Waals surface area (Å²) in [6.07, 6.45) is 5.81. The van der Waals surface area contributed by atoms with Crippen LogP contribution in [0, 0.1) is 0 Å². The van der Waals surface area contributed by atoms with E-state index in [0.717, 1.165) is 0 Å². The van der Waals surface area contributed by atoms with Crippen LogP contribution in [0.25, 0.3) is 0 Å². The number of rotatable bonds is 4. The molecule has 76 valence electrons. The average Bonchev–Trinajstić information content (AvgIpc) is 2.63. The minimum Gasteiger partial charge on any atom is -0.461 e. The molecule has 0 saturated carbocycles. The Labute approximate surface area is 84.0 Å². The summed E-state index contributed by atoms with van der Waals surface area (Å²) in [5.74, 6) is -0.262. The van der Waals surface area contributed by atoms with Gasteiger partial charge in [-0.2, -0.15) is 0 Å². The molecule has 0 aliphatic rings. The number of carbonyl (C=O) groups is 1. The normalized spacial score (nSPS) is 10.7. The largest absolute Gasteiger partial charge is 0.461 e. The van der Waals surface area contributed by atoms with Gasteiger partial charge in [0.05, 0.1) is 6.61 Å². The van der Waals surface area contributed by atoms with E-state index in [4.69, 9.17) is 4.74 Å². The zero-order valence-corrected chi connectivity index (χ0v) is 8.56. The van der Waals surface area contributed by atoms with E-state index in [-0.39, 0.29) is 5.97 Å². The highest BCUT2D eigenvalue weighted by Gasteiger charge is 2.09. The van der Waals surface area contributed by atoms with E-state index in [1.54, 1.807) is 13.0 Å². The fourth-order valence-corrected chi connectivity index (χ4v) is 1.18. The number of nitrogens with zero attached hydrogens (tertiary/aromatic N) is 1. The van der Waals surface area contributed by atoms with Gasteiger partial charge in [0.15, 0.2) is 0 Å². The summed E-state index contributed by atoms with van der Waals surface area (Å²) < 4.78 is 6.78. The number of hydrogen-bond acceptors (Lipinski definition) is 2. The molecular weight excluding hydrogens is 178 g/mol. The lowest BCUT2D eigenvalue weighted by molar-refractivity contribution is 0.0514. The molecule has 3 heteroatoms. The first-order valence-corrected chi connectivity index (χ1v) is 4.73. The van der Waals surface area contributed by atoms with Crippen molar-refractivity contribution in [2.45, 2.75) is 20.4 Å². The van der Waals surface area contributed by atoms with Crippen molar-refractivity contribution in [2.75, 3.05) is 6.61 Å². The zero-order valence-electron chi connectivity index (χ0n) is 8.56. The van der Waals surface area contributed by atoms with Gasteiger partial charge in [0.25, 0.3) is 0 Å². The van der Waals surface area contributed by atoms with Crippen LogP contribution < -0.4 is 0 Å². The lowest BCUT2D eigenvalue weighted by atomic mass is 10.4. The molecule has 1 aromatic heterocycles. The smallest absolute Gasteiger partial charge is 0.354 e. The predicted molar refractivity (Wildman–Crippen MR) is 55.2 cm³/mol. The summed E-state index contributed by atoms with van der Waals surface area (Å²) in [5, 5.41) is 0. The van der Waals surface area contributed by atoms with Gasteiger partial charge in [0.2, 0.25) is 0 Å². The van der Waals surface area contributed by atoms with Gasteiger partial charge in [0, 0.05) is 12.7 Å². The fraction of sp³-hybridized carbons (Fsp3) is 0.364. The van der Waals surface area contributed by atoms with Gasteiger partial charge in [-0.25, -0.2) is 4.79 Å². The average molecular weight is 193 g/mol. The zero-order chi connectivity index (χ0) is 10.4. The molecule has 0 saturated heterocycles. The molecule has 0 aromatic carbocycles. The lowest BCUT2D eigenvalue weighted by Gasteiger charge is -2.05. The first-order valence-electron chi connectivity index (χ1n) is 4.73. The maximum atomic E-state index is 11.4. The van der Waals surface area contributed by atoms with Crippen LogP contribution in [-0.4, -0.2) is 17.1 Å². The standard InChI is InChI=1S/C11H15NO2/c1-3-5-8-12-9-6-7-10(12)11(13)14-4-2/h3,5-7,9H,4,8H2,1-2H3/b5-3+. The SMILES string of the molecule is C/C=C/Cn1cccc1C(=O)OCC. The van der Waals surface area contributed by atoms with Gasteiger partial charge in [0.1, 0.15) is 5.69 Å². The summed E-state index contributed by atoms with van der Waals surface area (Å²) >= 11 is 0. The molecule has 1 rings (SSSR count). The number of esters is 1. The summed E-state index contributed by atoms with van der Waals surface area (Å²) in [7, 11) is 0. The minimum absolute atomic E-state index is 0.262. The van der Waals surface area contributed by atoms with Crippen molar-refractivity contribution in [3.8, 4) is 0 Å². The van der Waals surface area contributed by atoms with Crippen molar-refractivity contribution < 1.29 is 9.53 Å². The molecule has 0 bridgehead atoms. The van der Waals surface area contributed by atoms with E-state index in [9.17, 15) is 4.79 Å². The van der Waals surface area contributed by atoms with Crippen LogP contribution in [0.4, 0.5) is 0 Å². The van der Waals surface area contributed by atoms with Crippen LogP contribution in [-0.2, 0) is 11.3 Å². The number of hydrogen-bond donors (Lipinski definition) is 0. The van der Waals surface area contributed by atoms with Crippen molar-refractivity contribution in [3.63, 3.8) is 0 Å². The Bertz CT molecular complexity index is 326. The molecule has 0 spiro atoms. The molecule has 1 aromatic rings. The van der Waals surface area contributed by atoms with Gasteiger partial charge >= 0.3 is 5.97 Å². The Kier molecular flexibility index (Phi) is 3.98. The van der Waals surface area contributed by atoms with E-state index in [0.29, 0.717) is 18.8 Å². The Hall–Kier alpha value is -1.51. The summed E-state index contributed by atoms with van der Waals surface area (Å²) in [4.78, 5) is 11.4. The predicted octanol–water partition coefficient (Wildman–Crippen LogP) is 2.24. The van der Waals surface area contributed by atoms with Gasteiger partial charge in [-0.3, -0.25) is 0 Å².